The molecule has 114 valence electrons. The average molecular weight is 319 g/mol. The van der Waals surface area contributed by atoms with Gasteiger partial charge in [-0.15, -0.1) is 0 Å². The summed E-state index contributed by atoms with van der Waals surface area (Å²) in [6.45, 7) is 1.84. The zero-order valence-corrected chi connectivity index (χ0v) is 12.6. The van der Waals surface area contributed by atoms with Crippen molar-refractivity contribution in [2.75, 3.05) is 5.32 Å². The van der Waals surface area contributed by atoms with Gasteiger partial charge in [0.2, 0.25) is 0 Å². The number of amides is 2. The minimum Gasteiger partial charge on any atom is -0.478 e. The number of carbonyl (C=O) groups excluding carboxylic acids is 1. The molecule has 0 radical (unpaired) electrons. The van der Waals surface area contributed by atoms with Crippen LogP contribution < -0.4 is 10.6 Å². The fraction of sp³-hybridized carbons (Fsp3) is 0.125. The van der Waals surface area contributed by atoms with Gasteiger partial charge in [-0.05, 0) is 30.7 Å². The SMILES string of the molecule is C[C@@H](NC(=O)Nc1ccc(Cl)cc1C(=O)O)c1ccccc1. The van der Waals surface area contributed by atoms with Crippen molar-refractivity contribution in [3.05, 3.63) is 64.7 Å². The van der Waals surface area contributed by atoms with Crippen LogP contribution in [0, 0.1) is 0 Å². The highest BCUT2D eigenvalue weighted by molar-refractivity contribution is 6.31. The molecule has 0 aliphatic carbocycles. The van der Waals surface area contributed by atoms with Crippen LogP contribution in [0.15, 0.2) is 48.5 Å². The molecule has 2 aromatic carbocycles. The second-order valence-electron chi connectivity index (χ2n) is 4.73. The summed E-state index contributed by atoms with van der Waals surface area (Å²) >= 11 is 5.77. The highest BCUT2D eigenvalue weighted by Crippen LogP contribution is 2.21. The molecule has 2 rings (SSSR count). The fourth-order valence-electron chi connectivity index (χ4n) is 1.98. The summed E-state index contributed by atoms with van der Waals surface area (Å²) in [5, 5.41) is 14.7. The Morgan fingerprint density at radius 2 is 1.82 bits per heavy atom. The molecule has 0 fully saturated rings. The number of nitrogens with one attached hydrogen (secondary N) is 2. The summed E-state index contributed by atoms with van der Waals surface area (Å²) < 4.78 is 0. The van der Waals surface area contributed by atoms with Gasteiger partial charge in [0.1, 0.15) is 0 Å². The molecule has 0 aromatic heterocycles. The maximum Gasteiger partial charge on any atom is 0.337 e. The van der Waals surface area contributed by atoms with Crippen molar-refractivity contribution in [1.29, 1.82) is 0 Å². The number of carboxylic acid groups (broad SMARTS) is 1. The molecule has 0 aliphatic rings. The molecule has 2 aromatic rings. The molecule has 2 amide bonds. The first kappa shape index (κ1) is 15.9. The van der Waals surface area contributed by atoms with Crippen molar-refractivity contribution in [3.8, 4) is 0 Å². The van der Waals surface area contributed by atoms with Crippen LogP contribution >= 0.6 is 11.6 Å². The summed E-state index contributed by atoms with van der Waals surface area (Å²) in [5.41, 5.74) is 1.08. The third kappa shape index (κ3) is 3.99. The molecule has 0 bridgehead atoms. The van der Waals surface area contributed by atoms with Crippen molar-refractivity contribution in [2.45, 2.75) is 13.0 Å². The van der Waals surface area contributed by atoms with E-state index in [1.165, 1.54) is 18.2 Å². The third-order valence-electron chi connectivity index (χ3n) is 3.11. The zero-order chi connectivity index (χ0) is 16.1. The Bertz CT molecular complexity index is 689. The van der Waals surface area contributed by atoms with E-state index < -0.39 is 12.0 Å². The van der Waals surface area contributed by atoms with Gasteiger partial charge in [-0.3, -0.25) is 0 Å². The largest absolute Gasteiger partial charge is 0.478 e. The van der Waals surface area contributed by atoms with Gasteiger partial charge in [-0.25, -0.2) is 9.59 Å². The smallest absolute Gasteiger partial charge is 0.337 e. The van der Waals surface area contributed by atoms with Gasteiger partial charge in [-0.1, -0.05) is 41.9 Å². The van der Waals surface area contributed by atoms with Crippen LogP contribution in [0.25, 0.3) is 0 Å². The molecule has 5 nitrogen and oxygen atoms in total. The number of hydrogen-bond donors (Lipinski definition) is 3. The summed E-state index contributed by atoms with van der Waals surface area (Å²) in [6.07, 6.45) is 0. The Hall–Kier alpha value is -2.53. The lowest BCUT2D eigenvalue weighted by Gasteiger charge is -2.16. The maximum absolute atomic E-state index is 12.0. The number of halogens is 1. The zero-order valence-electron chi connectivity index (χ0n) is 11.8. The van der Waals surface area contributed by atoms with E-state index >= 15 is 0 Å². The lowest BCUT2D eigenvalue weighted by Crippen LogP contribution is -2.31. The minimum atomic E-state index is -1.16. The monoisotopic (exact) mass is 318 g/mol. The Morgan fingerprint density at radius 3 is 2.45 bits per heavy atom. The van der Waals surface area contributed by atoms with Crippen molar-refractivity contribution in [3.63, 3.8) is 0 Å². The van der Waals surface area contributed by atoms with Gasteiger partial charge in [0, 0.05) is 5.02 Å². The summed E-state index contributed by atoms with van der Waals surface area (Å²) in [7, 11) is 0. The highest BCUT2D eigenvalue weighted by Gasteiger charge is 2.14. The third-order valence-corrected chi connectivity index (χ3v) is 3.34. The number of aromatic carboxylic acids is 1. The van der Waals surface area contributed by atoms with Crippen LogP contribution in [0.1, 0.15) is 28.9 Å². The van der Waals surface area contributed by atoms with E-state index in [4.69, 9.17) is 16.7 Å². The molecule has 6 heteroatoms. The molecule has 0 spiro atoms. The van der Waals surface area contributed by atoms with Gasteiger partial charge in [0.15, 0.2) is 0 Å². The van der Waals surface area contributed by atoms with Crippen LogP contribution in [-0.2, 0) is 0 Å². The molecule has 0 saturated heterocycles. The molecule has 0 saturated carbocycles. The molecule has 0 aliphatic heterocycles. The van der Waals surface area contributed by atoms with E-state index in [-0.39, 0.29) is 17.3 Å². The standard InChI is InChI=1S/C16H15ClN2O3/c1-10(11-5-3-2-4-6-11)18-16(22)19-14-8-7-12(17)9-13(14)15(20)21/h2-10H,1H3,(H,20,21)(H2,18,19,22)/t10-/m1/s1. The molecule has 3 N–H and O–H groups in total. The number of benzene rings is 2. The van der Waals surface area contributed by atoms with Crippen molar-refractivity contribution in [2.24, 2.45) is 0 Å². The van der Waals surface area contributed by atoms with Crippen molar-refractivity contribution >= 4 is 29.3 Å². The van der Waals surface area contributed by atoms with Gasteiger partial charge < -0.3 is 15.7 Å². The topological polar surface area (TPSA) is 78.4 Å². The van der Waals surface area contributed by atoms with Crippen LogP contribution in [0.3, 0.4) is 0 Å². The molecule has 0 unspecified atom stereocenters. The highest BCUT2D eigenvalue weighted by atomic mass is 35.5. The maximum atomic E-state index is 12.0. The molecule has 22 heavy (non-hydrogen) atoms. The average Bonchev–Trinajstić information content (AvgIpc) is 2.49. The van der Waals surface area contributed by atoms with Crippen LogP contribution in [0.4, 0.5) is 10.5 Å². The van der Waals surface area contributed by atoms with Gasteiger partial charge in [-0.2, -0.15) is 0 Å². The Labute approximate surface area is 132 Å². The van der Waals surface area contributed by atoms with E-state index in [9.17, 15) is 9.59 Å². The second-order valence-corrected chi connectivity index (χ2v) is 5.16. The van der Waals surface area contributed by atoms with E-state index in [1.807, 2.05) is 37.3 Å². The first-order valence-corrected chi connectivity index (χ1v) is 7.00. The van der Waals surface area contributed by atoms with E-state index in [2.05, 4.69) is 10.6 Å². The lowest BCUT2D eigenvalue weighted by atomic mass is 10.1. The van der Waals surface area contributed by atoms with Gasteiger partial charge in [0.05, 0.1) is 17.3 Å². The Morgan fingerprint density at radius 1 is 1.14 bits per heavy atom. The van der Waals surface area contributed by atoms with Gasteiger partial charge >= 0.3 is 12.0 Å². The Balaban J connectivity index is 2.08. The second kappa shape index (κ2) is 6.95. The summed E-state index contributed by atoms with van der Waals surface area (Å²) in [6, 6.07) is 13.0. The quantitative estimate of drug-likeness (QED) is 0.799. The van der Waals surface area contributed by atoms with Crippen molar-refractivity contribution < 1.29 is 14.7 Å². The number of anilines is 1. The normalized spacial score (nSPS) is 11.5. The molecule has 0 heterocycles. The first-order valence-electron chi connectivity index (χ1n) is 6.62. The number of rotatable bonds is 4. The number of carboxylic acids is 1. The number of hydrogen-bond acceptors (Lipinski definition) is 2. The summed E-state index contributed by atoms with van der Waals surface area (Å²) in [5.74, 6) is -1.16. The van der Waals surface area contributed by atoms with E-state index in [0.29, 0.717) is 5.02 Å². The lowest BCUT2D eigenvalue weighted by molar-refractivity contribution is 0.0698. The Kier molecular flexibility index (Phi) is 5.01. The van der Waals surface area contributed by atoms with E-state index in [0.717, 1.165) is 5.56 Å². The van der Waals surface area contributed by atoms with Crippen LogP contribution in [0.2, 0.25) is 5.02 Å². The number of carbonyl (C=O) groups is 2. The fourth-order valence-corrected chi connectivity index (χ4v) is 2.15. The van der Waals surface area contributed by atoms with Crippen LogP contribution in [-0.4, -0.2) is 17.1 Å². The minimum absolute atomic E-state index is 0.0602. The summed E-state index contributed by atoms with van der Waals surface area (Å²) in [4.78, 5) is 23.2. The van der Waals surface area contributed by atoms with Crippen molar-refractivity contribution in [1.82, 2.24) is 5.32 Å². The van der Waals surface area contributed by atoms with E-state index in [1.54, 1.807) is 0 Å². The number of urea groups is 1. The first-order chi connectivity index (χ1) is 10.5. The predicted octanol–water partition coefficient (Wildman–Crippen LogP) is 3.92. The van der Waals surface area contributed by atoms with Crippen LogP contribution in [0.5, 0.6) is 0 Å². The van der Waals surface area contributed by atoms with Gasteiger partial charge in [0.25, 0.3) is 0 Å². The molecular formula is C16H15ClN2O3. The molecular weight excluding hydrogens is 304 g/mol. The molecule has 1 atom stereocenters. The predicted molar refractivity (Wildman–Crippen MR) is 85.4 cm³/mol.